The highest BCUT2D eigenvalue weighted by molar-refractivity contribution is 9.10. The molecule has 0 aliphatic carbocycles. The Balaban J connectivity index is 1.85. The molecule has 3 nitrogen and oxygen atoms in total. The van der Waals surface area contributed by atoms with Crippen molar-refractivity contribution in [3.63, 3.8) is 0 Å². The third kappa shape index (κ3) is 4.48. The van der Waals surface area contributed by atoms with Gasteiger partial charge < -0.3 is 14.8 Å². The molecule has 2 aromatic carbocycles. The molecule has 21 heavy (non-hydrogen) atoms. The molecule has 0 radical (unpaired) electrons. The Kier molecular flexibility index (Phi) is 6.08. The van der Waals surface area contributed by atoms with Crippen LogP contribution in [0.25, 0.3) is 0 Å². The third-order valence-electron chi connectivity index (χ3n) is 3.31. The molecule has 0 unspecified atom stereocenters. The van der Waals surface area contributed by atoms with Gasteiger partial charge in [-0.25, -0.2) is 0 Å². The van der Waals surface area contributed by atoms with Crippen molar-refractivity contribution in [2.24, 2.45) is 0 Å². The van der Waals surface area contributed by atoms with Gasteiger partial charge in [0.05, 0.1) is 14.2 Å². The molecule has 0 saturated heterocycles. The lowest BCUT2D eigenvalue weighted by Crippen LogP contribution is -2.17. The summed E-state index contributed by atoms with van der Waals surface area (Å²) in [6, 6.07) is 14.3. The van der Waals surface area contributed by atoms with Crippen LogP contribution in [0.2, 0.25) is 0 Å². The van der Waals surface area contributed by atoms with Crippen molar-refractivity contribution in [1.82, 2.24) is 5.32 Å². The van der Waals surface area contributed by atoms with Crippen LogP contribution < -0.4 is 14.8 Å². The Morgan fingerprint density at radius 3 is 2.48 bits per heavy atom. The van der Waals surface area contributed by atoms with E-state index in [2.05, 4.69) is 45.5 Å². The Morgan fingerprint density at radius 1 is 1.00 bits per heavy atom. The highest BCUT2D eigenvalue weighted by Gasteiger charge is 2.04. The summed E-state index contributed by atoms with van der Waals surface area (Å²) in [5, 5.41) is 3.46. The van der Waals surface area contributed by atoms with Crippen LogP contribution in [0.4, 0.5) is 0 Å². The molecular formula is C17H20BrNO2. The van der Waals surface area contributed by atoms with Crippen LogP contribution in [-0.2, 0) is 13.0 Å². The molecule has 0 amide bonds. The number of nitrogens with one attached hydrogen (secondary N) is 1. The van der Waals surface area contributed by atoms with Gasteiger partial charge in [0.1, 0.15) is 0 Å². The van der Waals surface area contributed by atoms with E-state index in [9.17, 15) is 0 Å². The normalized spacial score (nSPS) is 10.4. The maximum absolute atomic E-state index is 5.32. The van der Waals surface area contributed by atoms with E-state index in [0.717, 1.165) is 35.5 Å². The minimum atomic E-state index is 0.766. The fourth-order valence-corrected chi connectivity index (χ4v) is 2.56. The van der Waals surface area contributed by atoms with Gasteiger partial charge >= 0.3 is 0 Å². The highest BCUT2D eigenvalue weighted by Crippen LogP contribution is 2.27. The summed E-state index contributed by atoms with van der Waals surface area (Å²) < 4.78 is 11.7. The van der Waals surface area contributed by atoms with Gasteiger partial charge in [0.2, 0.25) is 0 Å². The van der Waals surface area contributed by atoms with Crippen LogP contribution in [0, 0.1) is 0 Å². The molecule has 1 N–H and O–H groups in total. The summed E-state index contributed by atoms with van der Waals surface area (Å²) in [6.07, 6.45) is 0.949. The van der Waals surface area contributed by atoms with Crippen LogP contribution in [-0.4, -0.2) is 20.8 Å². The zero-order valence-corrected chi connectivity index (χ0v) is 13.9. The summed E-state index contributed by atoms with van der Waals surface area (Å²) in [5.41, 5.74) is 2.50. The van der Waals surface area contributed by atoms with Crippen LogP contribution >= 0.6 is 15.9 Å². The summed E-state index contributed by atoms with van der Waals surface area (Å²) >= 11 is 3.56. The molecular weight excluding hydrogens is 330 g/mol. The van der Waals surface area contributed by atoms with Crippen molar-refractivity contribution >= 4 is 15.9 Å². The van der Waals surface area contributed by atoms with E-state index in [0.29, 0.717) is 0 Å². The van der Waals surface area contributed by atoms with E-state index in [4.69, 9.17) is 9.47 Å². The number of rotatable bonds is 7. The molecule has 0 aliphatic heterocycles. The SMILES string of the molecule is COc1ccc(CCNCc2ccccc2Br)cc1OC. The quantitative estimate of drug-likeness (QED) is 0.771. The smallest absolute Gasteiger partial charge is 0.160 e. The van der Waals surface area contributed by atoms with Gasteiger partial charge in [-0.3, -0.25) is 0 Å². The molecule has 0 aromatic heterocycles. The molecule has 0 aliphatic rings. The molecule has 112 valence electrons. The summed E-state index contributed by atoms with van der Waals surface area (Å²) in [4.78, 5) is 0. The Bertz CT molecular complexity index is 587. The molecule has 0 spiro atoms. The lowest BCUT2D eigenvalue weighted by Gasteiger charge is -2.10. The van der Waals surface area contributed by atoms with Gasteiger partial charge in [-0.1, -0.05) is 40.2 Å². The average Bonchev–Trinajstić information content (AvgIpc) is 2.52. The van der Waals surface area contributed by atoms with Gasteiger partial charge in [-0.05, 0) is 42.3 Å². The van der Waals surface area contributed by atoms with Gasteiger partial charge in [0.15, 0.2) is 11.5 Å². The molecule has 0 fully saturated rings. The summed E-state index contributed by atoms with van der Waals surface area (Å²) in [5.74, 6) is 1.54. The van der Waals surface area contributed by atoms with E-state index in [1.54, 1.807) is 14.2 Å². The monoisotopic (exact) mass is 349 g/mol. The molecule has 2 rings (SSSR count). The second-order valence-electron chi connectivity index (χ2n) is 4.71. The van der Waals surface area contributed by atoms with E-state index in [1.165, 1.54) is 11.1 Å². The van der Waals surface area contributed by atoms with E-state index in [-0.39, 0.29) is 0 Å². The Labute approximate surface area is 134 Å². The molecule has 2 aromatic rings. The van der Waals surface area contributed by atoms with Crippen LogP contribution in [0.15, 0.2) is 46.9 Å². The average molecular weight is 350 g/mol. The Morgan fingerprint density at radius 2 is 1.76 bits per heavy atom. The number of hydrogen-bond acceptors (Lipinski definition) is 3. The molecule has 0 atom stereocenters. The molecule has 4 heteroatoms. The van der Waals surface area contributed by atoms with Gasteiger partial charge in [0, 0.05) is 11.0 Å². The van der Waals surface area contributed by atoms with Crippen molar-refractivity contribution in [1.29, 1.82) is 0 Å². The first-order valence-electron chi connectivity index (χ1n) is 6.89. The van der Waals surface area contributed by atoms with Crippen molar-refractivity contribution in [2.45, 2.75) is 13.0 Å². The van der Waals surface area contributed by atoms with Crippen molar-refractivity contribution < 1.29 is 9.47 Å². The zero-order valence-electron chi connectivity index (χ0n) is 12.4. The minimum Gasteiger partial charge on any atom is -0.493 e. The second kappa shape index (κ2) is 8.05. The second-order valence-corrected chi connectivity index (χ2v) is 5.56. The first kappa shape index (κ1) is 15.9. The topological polar surface area (TPSA) is 30.5 Å². The third-order valence-corrected chi connectivity index (χ3v) is 4.09. The van der Waals surface area contributed by atoms with Crippen LogP contribution in [0.5, 0.6) is 11.5 Å². The minimum absolute atomic E-state index is 0.766. The molecule has 0 heterocycles. The maximum atomic E-state index is 5.32. The summed E-state index contributed by atoms with van der Waals surface area (Å²) in [6.45, 7) is 1.77. The fraction of sp³-hybridized carbons (Fsp3) is 0.294. The van der Waals surface area contributed by atoms with E-state index >= 15 is 0 Å². The number of methoxy groups -OCH3 is 2. The first-order valence-corrected chi connectivity index (χ1v) is 7.69. The maximum Gasteiger partial charge on any atom is 0.160 e. The predicted octanol–water partition coefficient (Wildman–Crippen LogP) is 3.80. The largest absolute Gasteiger partial charge is 0.493 e. The van der Waals surface area contributed by atoms with Crippen molar-refractivity contribution in [3.05, 3.63) is 58.1 Å². The zero-order chi connectivity index (χ0) is 15.1. The van der Waals surface area contributed by atoms with Gasteiger partial charge in [-0.2, -0.15) is 0 Å². The fourth-order valence-electron chi connectivity index (χ4n) is 2.13. The molecule has 0 saturated carbocycles. The lowest BCUT2D eigenvalue weighted by molar-refractivity contribution is 0.354. The Hall–Kier alpha value is -1.52. The van der Waals surface area contributed by atoms with Gasteiger partial charge in [-0.15, -0.1) is 0 Å². The molecule has 0 bridgehead atoms. The van der Waals surface area contributed by atoms with Crippen LogP contribution in [0.1, 0.15) is 11.1 Å². The van der Waals surface area contributed by atoms with Crippen molar-refractivity contribution in [3.8, 4) is 11.5 Å². The number of ether oxygens (including phenoxy) is 2. The predicted molar refractivity (Wildman–Crippen MR) is 89.1 cm³/mol. The van der Waals surface area contributed by atoms with Crippen LogP contribution in [0.3, 0.4) is 0 Å². The standard InChI is InChI=1S/C17H20BrNO2/c1-20-16-8-7-13(11-17(16)21-2)9-10-19-12-14-5-3-4-6-15(14)18/h3-8,11,19H,9-10,12H2,1-2H3. The number of benzene rings is 2. The highest BCUT2D eigenvalue weighted by atomic mass is 79.9. The van der Waals surface area contributed by atoms with E-state index < -0.39 is 0 Å². The lowest BCUT2D eigenvalue weighted by atomic mass is 10.1. The number of hydrogen-bond donors (Lipinski definition) is 1. The van der Waals surface area contributed by atoms with Crippen molar-refractivity contribution in [2.75, 3.05) is 20.8 Å². The number of halogens is 1. The first-order chi connectivity index (χ1) is 10.2. The van der Waals surface area contributed by atoms with E-state index in [1.807, 2.05) is 18.2 Å². The van der Waals surface area contributed by atoms with Gasteiger partial charge in [0.25, 0.3) is 0 Å². The summed E-state index contributed by atoms with van der Waals surface area (Å²) in [7, 11) is 3.31.